The van der Waals surface area contributed by atoms with E-state index in [1.807, 2.05) is 20.8 Å². The molecule has 3 rings (SSSR count). The number of halogens is 11. The van der Waals surface area contributed by atoms with Crippen LogP contribution in [-0.2, 0) is 22.4 Å². The van der Waals surface area contributed by atoms with Crippen molar-refractivity contribution in [3.05, 3.63) is 16.0 Å². The van der Waals surface area contributed by atoms with Crippen LogP contribution in [0.5, 0.6) is 0 Å². The molecule has 1 fully saturated rings. The number of alkyl halides is 11. The summed E-state index contributed by atoms with van der Waals surface area (Å²) in [5.74, 6) is -41.7. The Morgan fingerprint density at radius 1 is 0.865 bits per heavy atom. The van der Waals surface area contributed by atoms with Gasteiger partial charge in [0.15, 0.2) is 0 Å². The Kier molecular flexibility index (Phi) is 6.51. The molecule has 37 heavy (non-hydrogen) atoms. The van der Waals surface area contributed by atoms with Gasteiger partial charge in [0.1, 0.15) is 5.00 Å². The first-order chi connectivity index (χ1) is 16.4. The zero-order valence-corrected chi connectivity index (χ0v) is 20.3. The molecule has 1 amide bonds. The molecule has 1 unspecified atom stereocenters. The van der Waals surface area contributed by atoms with E-state index in [1.165, 1.54) is 0 Å². The van der Waals surface area contributed by atoms with Gasteiger partial charge in [-0.2, -0.15) is 43.9 Å². The van der Waals surface area contributed by atoms with Gasteiger partial charge in [0, 0.05) is 4.88 Å². The number of ether oxygens (including phenoxy) is 1. The molecule has 0 radical (unpaired) electrons. The molecular weight excluding hydrogens is 555 g/mol. The van der Waals surface area contributed by atoms with E-state index in [-0.39, 0.29) is 29.7 Å². The molecule has 0 aliphatic heterocycles. The second-order valence-corrected chi connectivity index (χ2v) is 11.1. The SMILES string of the molecule is COC(=O)c1c(NC(=O)C2(F)C(F)(F)C(F)(F)C(F)(F)C(F)(F)C2(F)F)sc2c1CCC(C(C)(C)C)C2. The van der Waals surface area contributed by atoms with Crippen molar-refractivity contribution < 1.29 is 62.6 Å². The van der Waals surface area contributed by atoms with Crippen LogP contribution in [0.3, 0.4) is 0 Å². The van der Waals surface area contributed by atoms with Crippen molar-refractivity contribution in [3.8, 4) is 0 Å². The second kappa shape index (κ2) is 8.18. The summed E-state index contributed by atoms with van der Waals surface area (Å²) in [4.78, 5) is 25.0. The van der Waals surface area contributed by atoms with E-state index in [0.717, 1.165) is 12.4 Å². The van der Waals surface area contributed by atoms with E-state index >= 15 is 4.39 Å². The number of hydrogen-bond donors (Lipinski definition) is 1. The number of fused-ring (bicyclic) bond motifs is 1. The van der Waals surface area contributed by atoms with Gasteiger partial charge < -0.3 is 10.1 Å². The molecule has 0 aromatic carbocycles. The van der Waals surface area contributed by atoms with E-state index < -0.39 is 57.7 Å². The molecule has 4 nitrogen and oxygen atoms in total. The number of esters is 1. The molecule has 1 atom stereocenters. The minimum Gasteiger partial charge on any atom is -0.465 e. The summed E-state index contributed by atoms with van der Waals surface area (Å²) < 4.78 is 159. The number of carbonyl (C=O) groups is 2. The summed E-state index contributed by atoms with van der Waals surface area (Å²) in [6.07, 6.45) is 0.768. The summed E-state index contributed by atoms with van der Waals surface area (Å²) in [5, 5.41) is 0.166. The predicted molar refractivity (Wildman–Crippen MR) is 108 cm³/mol. The van der Waals surface area contributed by atoms with Gasteiger partial charge >= 0.3 is 41.3 Å². The zero-order chi connectivity index (χ0) is 28.8. The molecule has 1 saturated carbocycles. The fourth-order valence-corrected chi connectivity index (χ4v) is 5.74. The molecule has 0 bridgehead atoms. The fraction of sp³-hybridized carbons (Fsp3) is 0.714. The van der Waals surface area contributed by atoms with Gasteiger partial charge in [-0.05, 0) is 36.2 Å². The largest absolute Gasteiger partial charge is 0.465 e. The maximum absolute atomic E-state index is 15.1. The first kappa shape index (κ1) is 29.4. The second-order valence-electron chi connectivity index (χ2n) is 9.99. The van der Waals surface area contributed by atoms with Crippen molar-refractivity contribution in [2.24, 2.45) is 11.3 Å². The van der Waals surface area contributed by atoms with Crippen LogP contribution in [0.25, 0.3) is 0 Å². The molecule has 0 spiro atoms. The van der Waals surface area contributed by atoms with Gasteiger partial charge in [-0.15, -0.1) is 11.3 Å². The number of carbonyl (C=O) groups excluding carboxylic acids is 2. The van der Waals surface area contributed by atoms with Crippen molar-refractivity contribution in [2.75, 3.05) is 12.4 Å². The molecule has 16 heteroatoms. The number of nitrogens with one attached hydrogen (secondary N) is 1. The van der Waals surface area contributed by atoms with Crippen molar-refractivity contribution in [2.45, 2.75) is 75.3 Å². The van der Waals surface area contributed by atoms with Crippen molar-refractivity contribution >= 4 is 28.2 Å². The smallest absolute Gasteiger partial charge is 0.384 e. The third-order valence-electron chi connectivity index (χ3n) is 6.86. The normalized spacial score (nSPS) is 26.6. The van der Waals surface area contributed by atoms with Crippen LogP contribution < -0.4 is 5.32 Å². The maximum Gasteiger partial charge on any atom is 0.384 e. The van der Waals surface area contributed by atoms with Gasteiger partial charge in [0.05, 0.1) is 12.7 Å². The van der Waals surface area contributed by atoms with Crippen LogP contribution in [0.2, 0.25) is 0 Å². The lowest BCUT2D eigenvalue weighted by atomic mass is 9.71. The average molecular weight is 575 g/mol. The Balaban J connectivity index is 2.15. The monoisotopic (exact) mass is 575 g/mol. The minimum absolute atomic E-state index is 0.0492. The molecule has 210 valence electrons. The number of thiophene rings is 1. The first-order valence-electron chi connectivity index (χ1n) is 10.6. The maximum atomic E-state index is 15.1. The third-order valence-corrected chi connectivity index (χ3v) is 8.03. The molecule has 2 aliphatic carbocycles. The lowest BCUT2D eigenvalue weighted by Crippen LogP contribution is -2.86. The summed E-state index contributed by atoms with van der Waals surface area (Å²) >= 11 is 0.404. The average Bonchev–Trinajstić information content (AvgIpc) is 3.12. The highest BCUT2D eigenvalue weighted by Gasteiger charge is 3.02. The Morgan fingerprint density at radius 3 is 1.76 bits per heavy atom. The van der Waals surface area contributed by atoms with Crippen molar-refractivity contribution in [1.82, 2.24) is 0 Å². The van der Waals surface area contributed by atoms with Crippen LogP contribution in [-0.4, -0.2) is 54.3 Å². The van der Waals surface area contributed by atoms with E-state index in [1.54, 1.807) is 0 Å². The minimum atomic E-state index is -7.44. The first-order valence-corrected chi connectivity index (χ1v) is 11.4. The van der Waals surface area contributed by atoms with Crippen LogP contribution >= 0.6 is 11.3 Å². The van der Waals surface area contributed by atoms with Crippen LogP contribution in [0.4, 0.5) is 53.3 Å². The summed E-state index contributed by atoms with van der Waals surface area (Å²) in [7, 11) is 0.835. The van der Waals surface area contributed by atoms with Gasteiger partial charge in [-0.25, -0.2) is 9.18 Å². The highest BCUT2D eigenvalue weighted by Crippen LogP contribution is 2.69. The van der Waals surface area contributed by atoms with Crippen molar-refractivity contribution in [3.63, 3.8) is 0 Å². The molecule has 0 saturated heterocycles. The number of methoxy groups -OCH3 is 1. The van der Waals surface area contributed by atoms with Crippen molar-refractivity contribution in [1.29, 1.82) is 0 Å². The Hall–Kier alpha value is -2.13. The van der Waals surface area contributed by atoms with E-state index in [2.05, 4.69) is 4.74 Å². The Bertz CT molecular complexity index is 1090. The molecule has 1 aromatic heterocycles. The highest BCUT2D eigenvalue weighted by molar-refractivity contribution is 7.17. The van der Waals surface area contributed by atoms with Crippen LogP contribution in [0, 0.1) is 11.3 Å². The van der Waals surface area contributed by atoms with Crippen LogP contribution in [0.1, 0.15) is 48.0 Å². The highest BCUT2D eigenvalue weighted by atomic mass is 32.1. The summed E-state index contributed by atoms with van der Waals surface area (Å²) in [5.41, 5.74) is -7.61. The van der Waals surface area contributed by atoms with Gasteiger partial charge in [-0.3, -0.25) is 4.79 Å². The summed E-state index contributed by atoms with van der Waals surface area (Å²) in [6.45, 7) is 5.61. The molecule has 1 heterocycles. The van der Waals surface area contributed by atoms with Gasteiger partial charge in [0.2, 0.25) is 0 Å². The Morgan fingerprint density at radius 2 is 1.32 bits per heavy atom. The zero-order valence-electron chi connectivity index (χ0n) is 19.5. The number of rotatable bonds is 3. The van der Waals surface area contributed by atoms with Gasteiger partial charge in [0.25, 0.3) is 5.91 Å². The molecule has 2 aliphatic rings. The molecule has 1 N–H and O–H groups in total. The lowest BCUT2D eigenvalue weighted by Gasteiger charge is -2.51. The number of amides is 1. The summed E-state index contributed by atoms with van der Waals surface area (Å²) in [6, 6.07) is 0. The number of anilines is 1. The van der Waals surface area contributed by atoms with Crippen LogP contribution in [0.15, 0.2) is 0 Å². The predicted octanol–water partition coefficient (Wildman–Crippen LogP) is 6.52. The fourth-order valence-electron chi connectivity index (χ4n) is 4.43. The van der Waals surface area contributed by atoms with E-state index in [0.29, 0.717) is 22.6 Å². The van der Waals surface area contributed by atoms with E-state index in [4.69, 9.17) is 0 Å². The quantitative estimate of drug-likeness (QED) is 0.330. The molecular formula is C21H20F11NO3S. The standard InChI is InChI=1S/C21H20F11NO3S/c1-15(2,3)8-5-6-9-10(7-8)37-12(11(9)13(34)36-4)33-14(35)16(22)17(23,24)19(27,28)21(31,32)20(29,30)18(16,25)26/h8H,5-7H2,1-4H3,(H,33,35). The van der Waals surface area contributed by atoms with Gasteiger partial charge in [-0.1, -0.05) is 20.8 Å². The Labute approximate surface area is 206 Å². The number of hydrogen-bond acceptors (Lipinski definition) is 4. The third kappa shape index (κ3) is 3.52. The topological polar surface area (TPSA) is 55.4 Å². The lowest BCUT2D eigenvalue weighted by molar-refractivity contribution is -0.475. The van der Waals surface area contributed by atoms with E-state index in [9.17, 15) is 53.5 Å². The molecule has 1 aromatic rings.